The van der Waals surface area contributed by atoms with Gasteiger partial charge in [-0.1, -0.05) is 0 Å². The molecule has 76 valence electrons. The molecule has 1 heterocycles. The van der Waals surface area contributed by atoms with E-state index in [2.05, 4.69) is 17.3 Å². The topological polar surface area (TPSA) is 41.6 Å². The lowest BCUT2D eigenvalue weighted by Gasteiger charge is -2.33. The van der Waals surface area contributed by atoms with E-state index < -0.39 is 0 Å². The largest absolute Gasteiger partial charge is 0.373 e. The zero-order chi connectivity index (χ0) is 9.84. The van der Waals surface area contributed by atoms with Gasteiger partial charge in [-0.3, -0.25) is 4.79 Å². The Morgan fingerprint density at radius 1 is 1.69 bits per heavy atom. The van der Waals surface area contributed by atoms with E-state index in [-0.39, 0.29) is 18.1 Å². The van der Waals surface area contributed by atoms with Crippen molar-refractivity contribution in [3.63, 3.8) is 0 Å². The van der Waals surface area contributed by atoms with Crippen molar-refractivity contribution >= 4 is 5.91 Å². The first-order valence-electron chi connectivity index (χ1n) is 4.67. The Hall–Kier alpha value is -0.610. The highest BCUT2D eigenvalue weighted by atomic mass is 16.5. The fourth-order valence-corrected chi connectivity index (χ4v) is 1.53. The number of carbonyl (C=O) groups excluding carboxylic acids is 1. The van der Waals surface area contributed by atoms with Crippen molar-refractivity contribution in [2.45, 2.75) is 26.0 Å². The maximum Gasteiger partial charge on any atom is 0.217 e. The van der Waals surface area contributed by atoms with E-state index in [4.69, 9.17) is 4.74 Å². The van der Waals surface area contributed by atoms with Crippen LogP contribution in [0.5, 0.6) is 0 Å². The van der Waals surface area contributed by atoms with Crippen molar-refractivity contribution in [1.29, 1.82) is 0 Å². The van der Waals surface area contributed by atoms with Crippen LogP contribution in [0.2, 0.25) is 0 Å². The summed E-state index contributed by atoms with van der Waals surface area (Å²) in [6.07, 6.45) is 0.127. The van der Waals surface area contributed by atoms with Crippen molar-refractivity contribution in [1.82, 2.24) is 10.2 Å². The first-order chi connectivity index (χ1) is 6.09. The number of hydrogen-bond donors (Lipinski definition) is 1. The highest BCUT2D eigenvalue weighted by molar-refractivity contribution is 5.73. The van der Waals surface area contributed by atoms with Gasteiger partial charge in [0.25, 0.3) is 0 Å². The third kappa shape index (κ3) is 3.32. The molecule has 0 aromatic rings. The van der Waals surface area contributed by atoms with Crippen molar-refractivity contribution < 1.29 is 9.53 Å². The van der Waals surface area contributed by atoms with Gasteiger partial charge in [-0.25, -0.2) is 0 Å². The molecule has 0 unspecified atom stereocenters. The summed E-state index contributed by atoms with van der Waals surface area (Å²) in [5.41, 5.74) is 0. The molecule has 13 heavy (non-hydrogen) atoms. The molecule has 0 spiro atoms. The van der Waals surface area contributed by atoms with Crippen LogP contribution in [0.1, 0.15) is 13.8 Å². The summed E-state index contributed by atoms with van der Waals surface area (Å²) in [6.45, 7) is 6.13. The predicted octanol–water partition coefficient (Wildman–Crippen LogP) is -0.158. The number of ether oxygens (including phenoxy) is 1. The average molecular weight is 186 g/mol. The molecule has 0 aromatic carbocycles. The molecule has 1 amide bonds. The second-order valence-corrected chi connectivity index (χ2v) is 3.66. The van der Waals surface area contributed by atoms with Crippen molar-refractivity contribution in [3.8, 4) is 0 Å². The lowest BCUT2D eigenvalue weighted by Crippen LogP contribution is -2.50. The number of likely N-dealkylation sites (N-methyl/N-ethyl adjacent to an activating group) is 1. The van der Waals surface area contributed by atoms with Crippen molar-refractivity contribution in [2.24, 2.45) is 0 Å². The smallest absolute Gasteiger partial charge is 0.217 e. The van der Waals surface area contributed by atoms with Crippen LogP contribution in [0.25, 0.3) is 0 Å². The van der Waals surface area contributed by atoms with E-state index in [0.29, 0.717) is 0 Å². The average Bonchev–Trinajstić information content (AvgIpc) is 2.03. The van der Waals surface area contributed by atoms with Gasteiger partial charge in [-0.2, -0.15) is 0 Å². The van der Waals surface area contributed by atoms with Crippen LogP contribution in [0.3, 0.4) is 0 Å². The SMILES string of the molecule is CC(=O)N[C@@H](C)[C@@H]1CN(C)CCO1. The quantitative estimate of drug-likeness (QED) is 0.651. The Morgan fingerprint density at radius 3 is 2.92 bits per heavy atom. The molecule has 2 atom stereocenters. The second kappa shape index (κ2) is 4.58. The third-order valence-corrected chi connectivity index (χ3v) is 2.29. The molecule has 4 heteroatoms. The molecule has 0 saturated carbocycles. The van der Waals surface area contributed by atoms with E-state index >= 15 is 0 Å². The van der Waals surface area contributed by atoms with Crippen molar-refractivity contribution in [3.05, 3.63) is 0 Å². The van der Waals surface area contributed by atoms with E-state index in [9.17, 15) is 4.79 Å². The summed E-state index contributed by atoms with van der Waals surface area (Å²) in [4.78, 5) is 13.0. The van der Waals surface area contributed by atoms with Crippen molar-refractivity contribution in [2.75, 3.05) is 26.7 Å². The van der Waals surface area contributed by atoms with E-state index in [1.54, 1.807) is 0 Å². The van der Waals surface area contributed by atoms with E-state index in [1.807, 2.05) is 6.92 Å². The molecule has 1 saturated heterocycles. The molecule has 1 rings (SSSR count). The molecule has 0 bridgehead atoms. The Kier molecular flexibility index (Phi) is 3.69. The molecular formula is C9H18N2O2. The Morgan fingerprint density at radius 2 is 2.38 bits per heavy atom. The van der Waals surface area contributed by atoms with E-state index in [0.717, 1.165) is 19.7 Å². The predicted molar refractivity (Wildman–Crippen MR) is 50.5 cm³/mol. The van der Waals surface area contributed by atoms with Crippen LogP contribution in [0.15, 0.2) is 0 Å². The van der Waals surface area contributed by atoms with Crippen LogP contribution < -0.4 is 5.32 Å². The van der Waals surface area contributed by atoms with Gasteiger partial charge in [0.2, 0.25) is 5.91 Å². The molecule has 4 nitrogen and oxygen atoms in total. The zero-order valence-corrected chi connectivity index (χ0v) is 8.54. The van der Waals surface area contributed by atoms with Crippen LogP contribution in [-0.2, 0) is 9.53 Å². The zero-order valence-electron chi connectivity index (χ0n) is 8.54. The Labute approximate surface area is 79.2 Å². The summed E-state index contributed by atoms with van der Waals surface area (Å²) in [7, 11) is 2.07. The van der Waals surface area contributed by atoms with Gasteiger partial charge < -0.3 is 15.0 Å². The van der Waals surface area contributed by atoms with Gasteiger partial charge in [0.1, 0.15) is 0 Å². The molecular weight excluding hydrogens is 168 g/mol. The monoisotopic (exact) mass is 186 g/mol. The van der Waals surface area contributed by atoms with Gasteiger partial charge in [0.05, 0.1) is 18.8 Å². The first kappa shape index (κ1) is 10.5. The number of carbonyl (C=O) groups is 1. The minimum absolute atomic E-state index is 0.00401. The number of amides is 1. The lowest BCUT2D eigenvalue weighted by atomic mass is 10.1. The summed E-state index contributed by atoms with van der Waals surface area (Å²) in [5, 5.41) is 2.84. The normalized spacial score (nSPS) is 26.8. The van der Waals surface area contributed by atoms with Crippen LogP contribution >= 0.6 is 0 Å². The molecule has 1 N–H and O–H groups in total. The molecule has 1 aliphatic rings. The number of rotatable bonds is 2. The molecule has 1 aliphatic heterocycles. The van der Waals surface area contributed by atoms with Gasteiger partial charge in [0.15, 0.2) is 0 Å². The third-order valence-electron chi connectivity index (χ3n) is 2.29. The fourth-order valence-electron chi connectivity index (χ4n) is 1.53. The summed E-state index contributed by atoms with van der Waals surface area (Å²) in [6, 6.07) is 0.0975. The minimum Gasteiger partial charge on any atom is -0.373 e. The van der Waals surface area contributed by atoms with Gasteiger partial charge in [0, 0.05) is 20.0 Å². The summed E-state index contributed by atoms with van der Waals surface area (Å²) in [5.74, 6) is 0.00401. The Balaban J connectivity index is 2.36. The highest BCUT2D eigenvalue weighted by Crippen LogP contribution is 2.06. The van der Waals surface area contributed by atoms with Crippen LogP contribution in [-0.4, -0.2) is 49.7 Å². The fraction of sp³-hybridized carbons (Fsp3) is 0.889. The number of hydrogen-bond acceptors (Lipinski definition) is 3. The molecule has 1 fully saturated rings. The maximum atomic E-state index is 10.8. The standard InChI is InChI=1S/C9H18N2O2/c1-7(10-8(2)12)9-6-11(3)4-5-13-9/h7,9H,4-6H2,1-3H3,(H,10,12)/t7-,9-/m0/s1. The number of nitrogens with one attached hydrogen (secondary N) is 1. The lowest BCUT2D eigenvalue weighted by molar-refractivity contribution is -0.121. The van der Waals surface area contributed by atoms with E-state index in [1.165, 1.54) is 6.92 Å². The van der Waals surface area contributed by atoms with Gasteiger partial charge in [-0.15, -0.1) is 0 Å². The summed E-state index contributed by atoms with van der Waals surface area (Å²) < 4.78 is 5.55. The molecule has 0 radical (unpaired) electrons. The second-order valence-electron chi connectivity index (χ2n) is 3.66. The highest BCUT2D eigenvalue weighted by Gasteiger charge is 2.23. The van der Waals surface area contributed by atoms with Gasteiger partial charge >= 0.3 is 0 Å². The Bertz CT molecular complexity index is 184. The van der Waals surface area contributed by atoms with Gasteiger partial charge in [-0.05, 0) is 14.0 Å². The summed E-state index contributed by atoms with van der Waals surface area (Å²) >= 11 is 0. The number of morpholine rings is 1. The van der Waals surface area contributed by atoms with Crippen LogP contribution in [0, 0.1) is 0 Å². The maximum absolute atomic E-state index is 10.8. The molecule has 0 aliphatic carbocycles. The van der Waals surface area contributed by atoms with Crippen LogP contribution in [0.4, 0.5) is 0 Å². The minimum atomic E-state index is 0.00401. The number of nitrogens with zero attached hydrogens (tertiary/aromatic N) is 1. The molecule has 0 aromatic heterocycles. The first-order valence-corrected chi connectivity index (χ1v) is 4.67.